The number of benzene rings is 8. The van der Waals surface area contributed by atoms with Crippen LogP contribution in [0.4, 0.5) is 11.4 Å². The van der Waals surface area contributed by atoms with Crippen molar-refractivity contribution < 1.29 is 0 Å². The minimum absolute atomic E-state index is 1.00. The molecule has 0 atom stereocenters. The summed E-state index contributed by atoms with van der Waals surface area (Å²) in [6.07, 6.45) is 0. The first-order chi connectivity index (χ1) is 23.4. The summed E-state index contributed by atoms with van der Waals surface area (Å²) < 4.78 is 0. The van der Waals surface area contributed by atoms with Crippen molar-refractivity contribution in [3.8, 4) is 23.7 Å². The van der Waals surface area contributed by atoms with Crippen molar-refractivity contribution in [1.82, 2.24) is 0 Å². The van der Waals surface area contributed by atoms with Gasteiger partial charge in [0.25, 0.3) is 0 Å². The first-order valence-corrected chi connectivity index (χ1v) is 16.2. The van der Waals surface area contributed by atoms with Gasteiger partial charge in [-0.15, -0.1) is 0 Å². The normalized spacial score (nSPS) is 11.0. The molecule has 0 amide bonds. The Morgan fingerprint density at radius 3 is 0.979 bits per heavy atom. The monoisotopic (exact) mass is 614 g/mol. The van der Waals surface area contributed by atoms with Crippen LogP contribution in [0.1, 0.15) is 22.3 Å². The fraction of sp³-hybridized carbons (Fsp3) is 0.0870. The molecule has 0 saturated carbocycles. The zero-order valence-corrected chi connectivity index (χ0v) is 27.6. The first kappa shape index (κ1) is 29.2. The van der Waals surface area contributed by atoms with Gasteiger partial charge < -0.3 is 9.80 Å². The van der Waals surface area contributed by atoms with Crippen molar-refractivity contribution in [2.45, 2.75) is 0 Å². The first-order valence-electron chi connectivity index (χ1n) is 16.2. The quantitative estimate of drug-likeness (QED) is 0.141. The summed E-state index contributed by atoms with van der Waals surface area (Å²) in [5.74, 6) is 13.7. The Balaban J connectivity index is 1.32. The predicted molar refractivity (Wildman–Crippen MR) is 207 cm³/mol. The summed E-state index contributed by atoms with van der Waals surface area (Å²) in [6, 6.07) is 47.9. The average molecular weight is 615 g/mol. The van der Waals surface area contributed by atoms with E-state index >= 15 is 0 Å². The lowest BCUT2D eigenvalue weighted by Crippen LogP contribution is -2.07. The van der Waals surface area contributed by atoms with E-state index in [1.165, 1.54) is 65.2 Å². The molecule has 8 rings (SSSR count). The molecule has 0 heterocycles. The number of hydrogen-bond donors (Lipinski definition) is 0. The van der Waals surface area contributed by atoms with Crippen LogP contribution in [0, 0.1) is 23.7 Å². The number of nitrogens with zero attached hydrogens (tertiary/aromatic N) is 2. The second kappa shape index (κ2) is 11.9. The topological polar surface area (TPSA) is 6.48 Å². The van der Waals surface area contributed by atoms with Gasteiger partial charge in [0, 0.05) is 61.8 Å². The smallest absolute Gasteiger partial charge is 0.0361 e. The fourth-order valence-corrected chi connectivity index (χ4v) is 6.63. The van der Waals surface area contributed by atoms with Gasteiger partial charge in [0.15, 0.2) is 0 Å². The lowest BCUT2D eigenvalue weighted by molar-refractivity contribution is 1.13. The molecule has 0 saturated heterocycles. The van der Waals surface area contributed by atoms with E-state index in [1.807, 2.05) is 0 Å². The van der Waals surface area contributed by atoms with Crippen LogP contribution in [0.2, 0.25) is 0 Å². The third-order valence-electron chi connectivity index (χ3n) is 9.25. The molecular weight excluding hydrogens is 581 g/mol. The largest absolute Gasteiger partial charge is 0.378 e. The molecular formula is C46H34N2. The number of anilines is 2. The highest BCUT2D eigenvalue weighted by molar-refractivity contribution is 6.32. The molecule has 2 heteroatoms. The van der Waals surface area contributed by atoms with Gasteiger partial charge in [-0.05, 0) is 127 Å². The summed E-state index contributed by atoms with van der Waals surface area (Å²) >= 11 is 0. The Morgan fingerprint density at radius 2 is 0.604 bits per heavy atom. The summed E-state index contributed by atoms with van der Waals surface area (Å²) in [5, 5.41) is 12.3. The molecule has 228 valence electrons. The molecule has 0 N–H and O–H groups in total. The molecule has 0 aromatic heterocycles. The Morgan fingerprint density at radius 1 is 0.312 bits per heavy atom. The van der Waals surface area contributed by atoms with Crippen LogP contribution in [0.15, 0.2) is 133 Å². The predicted octanol–water partition coefficient (Wildman–Crippen LogP) is 10.4. The lowest BCUT2D eigenvalue weighted by atomic mass is 9.90. The molecule has 8 aromatic rings. The third kappa shape index (κ3) is 5.35. The zero-order chi connectivity index (χ0) is 32.8. The van der Waals surface area contributed by atoms with E-state index in [4.69, 9.17) is 0 Å². The SMILES string of the molecule is CN(C)c1ccc(C#Cc2ccc3ccc4ccc5ccc6ccc7ccc(C#Cc8ccc(N(C)C)cc8)cc7c6c5c4c3c2)cc1. The van der Waals surface area contributed by atoms with Crippen molar-refractivity contribution in [2.24, 2.45) is 0 Å². The highest BCUT2D eigenvalue weighted by Crippen LogP contribution is 2.40. The minimum Gasteiger partial charge on any atom is -0.378 e. The van der Waals surface area contributed by atoms with Gasteiger partial charge in [-0.1, -0.05) is 84.3 Å². The van der Waals surface area contributed by atoms with E-state index in [-0.39, 0.29) is 0 Å². The molecule has 0 aliphatic heterocycles. The maximum atomic E-state index is 3.44. The van der Waals surface area contributed by atoms with E-state index in [0.717, 1.165) is 22.3 Å². The van der Waals surface area contributed by atoms with Crippen LogP contribution in [0.3, 0.4) is 0 Å². The van der Waals surface area contributed by atoms with E-state index in [0.29, 0.717) is 0 Å². The van der Waals surface area contributed by atoms with Gasteiger partial charge >= 0.3 is 0 Å². The lowest BCUT2D eigenvalue weighted by Gasteiger charge is -2.13. The molecule has 0 aliphatic rings. The van der Waals surface area contributed by atoms with E-state index in [1.54, 1.807) is 0 Å². The summed E-state index contributed by atoms with van der Waals surface area (Å²) in [6.45, 7) is 0. The van der Waals surface area contributed by atoms with Crippen LogP contribution >= 0.6 is 0 Å². The van der Waals surface area contributed by atoms with Crippen molar-refractivity contribution in [3.63, 3.8) is 0 Å². The standard InChI is InChI=1S/C46H34N2/c1-47(2)40-25-11-31(12-26-40)5-7-33-9-15-35-17-19-37-21-23-39-24-22-38-20-18-36-16-10-34(8-6-32-13-27-41(28-14-32)48(3)4)30-43(36)45(38)46(39)44(37)42(35)29-33/h9-30H,1-4H3. The average Bonchev–Trinajstić information content (AvgIpc) is 3.12. The Bertz CT molecular complexity index is 2460. The maximum Gasteiger partial charge on any atom is 0.0361 e. The van der Waals surface area contributed by atoms with E-state index in [2.05, 4.69) is 195 Å². The summed E-state index contributed by atoms with van der Waals surface area (Å²) in [5.41, 5.74) is 6.35. The van der Waals surface area contributed by atoms with Gasteiger partial charge in [0.2, 0.25) is 0 Å². The molecule has 0 aliphatic carbocycles. The van der Waals surface area contributed by atoms with E-state index in [9.17, 15) is 0 Å². The van der Waals surface area contributed by atoms with Crippen molar-refractivity contribution in [3.05, 3.63) is 156 Å². The second-order valence-electron chi connectivity index (χ2n) is 12.8. The molecule has 0 radical (unpaired) electrons. The fourth-order valence-electron chi connectivity index (χ4n) is 6.63. The Kier molecular flexibility index (Phi) is 7.21. The zero-order valence-electron chi connectivity index (χ0n) is 27.6. The molecule has 0 unspecified atom stereocenters. The van der Waals surface area contributed by atoms with Crippen LogP contribution in [-0.4, -0.2) is 28.2 Å². The van der Waals surface area contributed by atoms with Gasteiger partial charge in [-0.25, -0.2) is 0 Å². The van der Waals surface area contributed by atoms with E-state index < -0.39 is 0 Å². The molecule has 0 fully saturated rings. The molecule has 0 spiro atoms. The van der Waals surface area contributed by atoms with Crippen molar-refractivity contribution in [2.75, 3.05) is 38.0 Å². The van der Waals surface area contributed by atoms with Crippen LogP contribution in [0.5, 0.6) is 0 Å². The minimum atomic E-state index is 1.00. The highest BCUT2D eigenvalue weighted by Gasteiger charge is 2.12. The Labute approximate surface area is 281 Å². The highest BCUT2D eigenvalue weighted by atomic mass is 15.1. The van der Waals surface area contributed by atoms with Crippen LogP contribution in [-0.2, 0) is 0 Å². The van der Waals surface area contributed by atoms with Crippen molar-refractivity contribution in [1.29, 1.82) is 0 Å². The maximum absolute atomic E-state index is 3.44. The third-order valence-corrected chi connectivity index (χ3v) is 9.25. The van der Waals surface area contributed by atoms with Gasteiger partial charge in [0.05, 0.1) is 0 Å². The van der Waals surface area contributed by atoms with Gasteiger partial charge in [-0.2, -0.15) is 0 Å². The second-order valence-corrected chi connectivity index (χ2v) is 12.8. The number of fused-ring (bicyclic) bond motifs is 9. The summed E-state index contributed by atoms with van der Waals surface area (Å²) in [4.78, 5) is 4.20. The molecule has 48 heavy (non-hydrogen) atoms. The van der Waals surface area contributed by atoms with Gasteiger partial charge in [0.1, 0.15) is 0 Å². The molecule has 0 bridgehead atoms. The Hall–Kier alpha value is -6.22. The number of hydrogen-bond acceptors (Lipinski definition) is 2. The van der Waals surface area contributed by atoms with Gasteiger partial charge in [-0.3, -0.25) is 0 Å². The number of rotatable bonds is 2. The summed E-state index contributed by atoms with van der Waals surface area (Å²) in [7, 11) is 8.20. The molecule has 8 aromatic carbocycles. The van der Waals surface area contributed by atoms with Crippen LogP contribution < -0.4 is 9.80 Å². The molecule has 2 nitrogen and oxygen atoms in total. The van der Waals surface area contributed by atoms with Crippen molar-refractivity contribution >= 4 is 65.2 Å². The van der Waals surface area contributed by atoms with Crippen LogP contribution in [0.25, 0.3) is 53.9 Å².